The molecule has 2 aromatic rings. The summed E-state index contributed by atoms with van der Waals surface area (Å²) in [4.78, 5) is 15.0. The maximum atomic E-state index is 10.8. The van der Waals surface area contributed by atoms with Gasteiger partial charge in [-0.1, -0.05) is 23.7 Å². The van der Waals surface area contributed by atoms with E-state index in [1.807, 2.05) is 12.1 Å². The molecule has 3 rings (SSSR count). The van der Waals surface area contributed by atoms with Gasteiger partial charge in [-0.25, -0.2) is 0 Å². The van der Waals surface area contributed by atoms with Gasteiger partial charge in [-0.3, -0.25) is 15.0 Å². The minimum atomic E-state index is -0.428. The second-order valence-electron chi connectivity index (χ2n) is 6.00. The van der Waals surface area contributed by atoms with Crippen LogP contribution < -0.4 is 9.64 Å². The zero-order valence-corrected chi connectivity index (χ0v) is 14.8. The number of piperazine rings is 1. The van der Waals surface area contributed by atoms with Crippen molar-refractivity contribution < 1.29 is 9.66 Å². The first-order valence-corrected chi connectivity index (χ1v) is 8.49. The minimum Gasteiger partial charge on any atom is -0.497 e. The number of halogens is 1. The Labute approximate surface area is 151 Å². The lowest BCUT2D eigenvalue weighted by Crippen LogP contribution is -2.46. The highest BCUT2D eigenvalue weighted by molar-refractivity contribution is 6.33. The van der Waals surface area contributed by atoms with Gasteiger partial charge in [0.1, 0.15) is 5.75 Å². The summed E-state index contributed by atoms with van der Waals surface area (Å²) in [6.45, 7) is 4.41. The number of nitro benzene ring substituents is 1. The molecule has 0 N–H and O–H groups in total. The van der Waals surface area contributed by atoms with Gasteiger partial charge in [0, 0.05) is 44.9 Å². The van der Waals surface area contributed by atoms with Crippen LogP contribution in [0.15, 0.2) is 42.5 Å². The van der Waals surface area contributed by atoms with Crippen molar-refractivity contribution in [1.29, 1.82) is 0 Å². The molecule has 1 heterocycles. The average Bonchev–Trinajstić information content (AvgIpc) is 2.63. The molecule has 0 bridgehead atoms. The molecular weight excluding hydrogens is 342 g/mol. The van der Waals surface area contributed by atoms with Gasteiger partial charge in [-0.05, 0) is 23.8 Å². The van der Waals surface area contributed by atoms with Crippen molar-refractivity contribution >= 4 is 23.0 Å². The van der Waals surface area contributed by atoms with Crippen LogP contribution in [0.5, 0.6) is 5.75 Å². The van der Waals surface area contributed by atoms with Crippen LogP contribution in [0.3, 0.4) is 0 Å². The van der Waals surface area contributed by atoms with Crippen LogP contribution in [0, 0.1) is 10.1 Å². The number of anilines is 1. The third-order valence-corrected chi connectivity index (χ3v) is 4.72. The van der Waals surface area contributed by atoms with Gasteiger partial charge in [0.15, 0.2) is 0 Å². The Hall–Kier alpha value is -2.31. The summed E-state index contributed by atoms with van der Waals surface area (Å²) >= 11 is 6.23. The Morgan fingerprint density at radius 2 is 1.80 bits per heavy atom. The Balaban J connectivity index is 1.58. The fraction of sp³-hybridized carbons (Fsp3) is 0.333. The summed E-state index contributed by atoms with van der Waals surface area (Å²) in [6, 6.07) is 12.8. The number of nitrogens with zero attached hydrogens (tertiary/aromatic N) is 3. The van der Waals surface area contributed by atoms with Gasteiger partial charge < -0.3 is 9.64 Å². The minimum absolute atomic E-state index is 0.0203. The molecule has 1 aliphatic rings. The molecule has 1 aliphatic heterocycles. The van der Waals surface area contributed by atoms with E-state index in [1.165, 1.54) is 17.7 Å². The van der Waals surface area contributed by atoms with Crippen molar-refractivity contribution in [3.63, 3.8) is 0 Å². The zero-order valence-electron chi connectivity index (χ0n) is 14.0. The number of non-ortho nitro benzene ring substituents is 1. The van der Waals surface area contributed by atoms with Crippen molar-refractivity contribution in [3.8, 4) is 5.75 Å². The van der Waals surface area contributed by atoms with Crippen LogP contribution in [0.2, 0.25) is 5.02 Å². The normalized spacial score (nSPS) is 15.2. The summed E-state index contributed by atoms with van der Waals surface area (Å²) in [7, 11) is 1.66. The van der Waals surface area contributed by atoms with E-state index in [0.29, 0.717) is 5.02 Å². The fourth-order valence-electron chi connectivity index (χ4n) is 3.00. The lowest BCUT2D eigenvalue weighted by Gasteiger charge is -2.36. The molecule has 2 aromatic carbocycles. The summed E-state index contributed by atoms with van der Waals surface area (Å²) < 4.78 is 5.18. The second kappa shape index (κ2) is 7.72. The molecular formula is C18H20ClN3O3. The van der Waals surface area contributed by atoms with Gasteiger partial charge >= 0.3 is 0 Å². The topological polar surface area (TPSA) is 58.8 Å². The first-order chi connectivity index (χ1) is 12.1. The van der Waals surface area contributed by atoms with Gasteiger partial charge in [-0.2, -0.15) is 0 Å². The van der Waals surface area contributed by atoms with E-state index in [4.69, 9.17) is 16.3 Å². The van der Waals surface area contributed by atoms with Crippen LogP contribution in [-0.2, 0) is 6.54 Å². The van der Waals surface area contributed by atoms with Crippen molar-refractivity contribution in [2.24, 2.45) is 0 Å². The van der Waals surface area contributed by atoms with E-state index in [2.05, 4.69) is 21.9 Å². The molecule has 0 atom stereocenters. The largest absolute Gasteiger partial charge is 0.497 e. The highest BCUT2D eigenvalue weighted by Gasteiger charge is 2.20. The number of hydrogen-bond acceptors (Lipinski definition) is 5. The third kappa shape index (κ3) is 4.21. The number of hydrogen-bond donors (Lipinski definition) is 0. The smallest absolute Gasteiger partial charge is 0.271 e. The Morgan fingerprint density at radius 1 is 1.12 bits per heavy atom. The molecule has 7 heteroatoms. The van der Waals surface area contributed by atoms with Crippen LogP contribution in [0.1, 0.15) is 5.56 Å². The molecule has 1 fully saturated rings. The van der Waals surface area contributed by atoms with Crippen LogP contribution in [0.25, 0.3) is 0 Å². The predicted molar refractivity (Wildman–Crippen MR) is 98.6 cm³/mol. The lowest BCUT2D eigenvalue weighted by molar-refractivity contribution is -0.384. The number of benzene rings is 2. The highest BCUT2D eigenvalue weighted by atomic mass is 35.5. The quantitative estimate of drug-likeness (QED) is 0.601. The van der Waals surface area contributed by atoms with Crippen molar-refractivity contribution in [2.75, 3.05) is 38.2 Å². The molecule has 25 heavy (non-hydrogen) atoms. The zero-order chi connectivity index (χ0) is 17.8. The average molecular weight is 362 g/mol. The number of rotatable bonds is 5. The summed E-state index contributed by atoms with van der Waals surface area (Å²) in [6.07, 6.45) is 0. The number of methoxy groups -OCH3 is 1. The molecule has 132 valence electrons. The fourth-order valence-corrected chi connectivity index (χ4v) is 3.30. The molecule has 6 nitrogen and oxygen atoms in total. The van der Waals surface area contributed by atoms with E-state index < -0.39 is 4.92 Å². The SMILES string of the molecule is COc1ccc(CN2CCN(c3ccc([N+](=O)[O-])cc3Cl)CC2)cc1. The number of ether oxygens (including phenoxy) is 1. The van der Waals surface area contributed by atoms with Crippen LogP contribution in [0.4, 0.5) is 11.4 Å². The maximum absolute atomic E-state index is 10.8. The van der Waals surface area contributed by atoms with Gasteiger partial charge in [0.25, 0.3) is 5.69 Å². The van der Waals surface area contributed by atoms with Crippen molar-refractivity contribution in [2.45, 2.75) is 6.54 Å². The molecule has 0 spiro atoms. The standard InChI is InChI=1S/C18H20ClN3O3/c1-25-16-5-2-14(3-6-16)13-20-8-10-21(11-9-20)18-7-4-15(22(23)24)12-17(18)19/h2-7,12H,8-11,13H2,1H3. The predicted octanol–water partition coefficient (Wildman–Crippen LogP) is 3.58. The second-order valence-corrected chi connectivity index (χ2v) is 6.41. The summed E-state index contributed by atoms with van der Waals surface area (Å²) in [5.74, 6) is 0.862. The van der Waals surface area contributed by atoms with Crippen LogP contribution in [-0.4, -0.2) is 43.1 Å². The molecule has 0 radical (unpaired) electrons. The summed E-state index contributed by atoms with van der Waals surface area (Å²) in [5.41, 5.74) is 2.13. The Bertz CT molecular complexity index is 744. The molecule has 1 saturated heterocycles. The first-order valence-electron chi connectivity index (χ1n) is 8.11. The lowest BCUT2D eigenvalue weighted by atomic mass is 10.1. The molecule has 0 aromatic heterocycles. The molecule has 0 aliphatic carbocycles. The monoisotopic (exact) mass is 361 g/mol. The van der Waals surface area contributed by atoms with Gasteiger partial charge in [-0.15, -0.1) is 0 Å². The van der Waals surface area contributed by atoms with Crippen molar-refractivity contribution in [1.82, 2.24) is 4.90 Å². The van der Waals surface area contributed by atoms with Crippen molar-refractivity contribution in [3.05, 3.63) is 63.2 Å². The van der Waals surface area contributed by atoms with E-state index in [9.17, 15) is 10.1 Å². The van der Waals surface area contributed by atoms with Gasteiger partial charge in [0.2, 0.25) is 0 Å². The van der Waals surface area contributed by atoms with Gasteiger partial charge in [0.05, 0.1) is 22.7 Å². The Morgan fingerprint density at radius 3 is 2.36 bits per heavy atom. The maximum Gasteiger partial charge on any atom is 0.271 e. The molecule has 0 saturated carbocycles. The van der Waals surface area contributed by atoms with E-state index >= 15 is 0 Å². The number of nitro groups is 1. The van der Waals surface area contributed by atoms with E-state index in [1.54, 1.807) is 13.2 Å². The van der Waals surface area contributed by atoms with E-state index in [-0.39, 0.29) is 5.69 Å². The van der Waals surface area contributed by atoms with E-state index in [0.717, 1.165) is 44.2 Å². The highest BCUT2D eigenvalue weighted by Crippen LogP contribution is 2.30. The molecule has 0 unspecified atom stereocenters. The Kier molecular flexibility index (Phi) is 5.40. The third-order valence-electron chi connectivity index (χ3n) is 4.42. The van der Waals surface area contributed by atoms with Crippen LogP contribution >= 0.6 is 11.6 Å². The molecule has 0 amide bonds. The summed E-state index contributed by atoms with van der Waals surface area (Å²) in [5, 5.41) is 11.2. The first kappa shape index (κ1) is 17.5.